The van der Waals surface area contributed by atoms with Crippen molar-refractivity contribution in [2.45, 2.75) is 52.6 Å². The van der Waals surface area contributed by atoms with Crippen molar-refractivity contribution in [3.8, 4) is 17.1 Å². The molecule has 0 spiro atoms. The number of piperazine rings is 1. The summed E-state index contributed by atoms with van der Waals surface area (Å²) in [4.78, 5) is 26.0. The van der Waals surface area contributed by atoms with Gasteiger partial charge in [-0.15, -0.1) is 0 Å². The molecule has 41 heavy (non-hydrogen) atoms. The molecule has 2 fully saturated rings. The summed E-state index contributed by atoms with van der Waals surface area (Å²) in [7, 11) is 1.90. The average molecular weight is 555 g/mol. The number of hydrogen-bond acceptors (Lipinski definition) is 7. The zero-order chi connectivity index (χ0) is 28.2. The summed E-state index contributed by atoms with van der Waals surface area (Å²) in [6.07, 6.45) is 3.30. The molecular formula is C31H38N8O2. The molecule has 1 amide bonds. The van der Waals surface area contributed by atoms with Crippen LogP contribution >= 0.6 is 0 Å². The Morgan fingerprint density at radius 2 is 1.93 bits per heavy atom. The normalized spacial score (nSPS) is 22.9. The molecule has 1 saturated carbocycles. The fourth-order valence-electron chi connectivity index (χ4n) is 6.94. The summed E-state index contributed by atoms with van der Waals surface area (Å²) in [6, 6.07) is 10.6. The highest BCUT2D eigenvalue weighted by atomic mass is 16.5. The van der Waals surface area contributed by atoms with E-state index in [9.17, 15) is 4.79 Å². The minimum Gasteiger partial charge on any atom is -0.477 e. The van der Waals surface area contributed by atoms with E-state index in [0.717, 1.165) is 73.4 Å². The van der Waals surface area contributed by atoms with Gasteiger partial charge in [-0.2, -0.15) is 5.10 Å². The SMILES string of the molecule is Cc1cc2cc(n1)-c1c(C)nn(C)c1OC[C@H]1CC[C@H](C1)Cn1c(nc3ccc(N4CCNC[C@H]4C)cc31)NC2=O. The number of fused-ring (bicyclic) bond motifs is 9. The lowest BCUT2D eigenvalue weighted by Gasteiger charge is -2.36. The molecule has 7 rings (SSSR count). The number of pyridine rings is 1. The molecule has 4 bridgehead atoms. The maximum Gasteiger partial charge on any atom is 0.258 e. The first-order valence-corrected chi connectivity index (χ1v) is 14.8. The molecular weight excluding hydrogens is 516 g/mol. The Morgan fingerprint density at radius 1 is 1.07 bits per heavy atom. The predicted octanol–water partition coefficient (Wildman–Crippen LogP) is 4.31. The Labute approximate surface area is 240 Å². The molecule has 2 N–H and O–H groups in total. The Hall–Kier alpha value is -3.92. The van der Waals surface area contributed by atoms with Gasteiger partial charge in [0.15, 0.2) is 0 Å². The molecule has 3 aromatic heterocycles. The fraction of sp³-hybridized carbons (Fsp3) is 0.484. The van der Waals surface area contributed by atoms with Gasteiger partial charge < -0.3 is 19.5 Å². The van der Waals surface area contributed by atoms with Crippen LogP contribution < -0.4 is 20.3 Å². The second-order valence-electron chi connectivity index (χ2n) is 12.0. The fourth-order valence-corrected chi connectivity index (χ4v) is 6.94. The van der Waals surface area contributed by atoms with Crippen LogP contribution in [0.5, 0.6) is 5.88 Å². The van der Waals surface area contributed by atoms with Crippen LogP contribution in [0.4, 0.5) is 11.6 Å². The van der Waals surface area contributed by atoms with E-state index in [1.807, 2.05) is 33.0 Å². The van der Waals surface area contributed by atoms with Crippen molar-refractivity contribution < 1.29 is 9.53 Å². The first-order valence-electron chi connectivity index (χ1n) is 14.8. The second kappa shape index (κ2) is 10.2. The zero-order valence-corrected chi connectivity index (χ0v) is 24.3. The molecule has 1 aromatic carbocycles. The third-order valence-corrected chi connectivity index (χ3v) is 8.98. The van der Waals surface area contributed by atoms with Crippen molar-refractivity contribution in [1.82, 2.24) is 29.6 Å². The highest BCUT2D eigenvalue weighted by Crippen LogP contribution is 2.38. The Morgan fingerprint density at radius 3 is 2.78 bits per heavy atom. The third-order valence-electron chi connectivity index (χ3n) is 8.98. The van der Waals surface area contributed by atoms with Crippen molar-refractivity contribution in [3.05, 3.63) is 47.3 Å². The van der Waals surface area contributed by atoms with Gasteiger partial charge in [-0.05, 0) is 82.2 Å². The van der Waals surface area contributed by atoms with Crippen LogP contribution in [-0.4, -0.2) is 62.5 Å². The minimum absolute atomic E-state index is 0.201. The molecule has 1 saturated heterocycles. The maximum absolute atomic E-state index is 13.8. The summed E-state index contributed by atoms with van der Waals surface area (Å²) >= 11 is 0. The number of aromatic nitrogens is 5. The Bertz CT molecular complexity index is 1640. The van der Waals surface area contributed by atoms with Gasteiger partial charge in [0.2, 0.25) is 11.8 Å². The molecule has 0 radical (unpaired) electrons. The second-order valence-corrected chi connectivity index (χ2v) is 12.0. The summed E-state index contributed by atoms with van der Waals surface area (Å²) in [5.41, 5.74) is 6.82. The topological polar surface area (TPSA) is 102 Å². The maximum atomic E-state index is 13.8. The van der Waals surface area contributed by atoms with E-state index in [4.69, 9.17) is 14.7 Å². The largest absolute Gasteiger partial charge is 0.477 e. The van der Waals surface area contributed by atoms with Gasteiger partial charge in [-0.25, -0.2) is 9.67 Å². The zero-order valence-electron chi connectivity index (χ0n) is 24.3. The van der Waals surface area contributed by atoms with E-state index in [-0.39, 0.29) is 5.91 Å². The molecule has 2 aliphatic heterocycles. The van der Waals surface area contributed by atoms with Crippen molar-refractivity contribution in [2.24, 2.45) is 18.9 Å². The molecule has 5 heterocycles. The van der Waals surface area contributed by atoms with Gasteiger partial charge in [-0.3, -0.25) is 15.1 Å². The van der Waals surface area contributed by atoms with Gasteiger partial charge in [-0.1, -0.05) is 0 Å². The highest BCUT2D eigenvalue weighted by molar-refractivity contribution is 6.05. The monoisotopic (exact) mass is 554 g/mol. The number of ether oxygens (including phenoxy) is 1. The van der Waals surface area contributed by atoms with Gasteiger partial charge in [0.05, 0.1) is 34.6 Å². The van der Waals surface area contributed by atoms with Gasteiger partial charge >= 0.3 is 0 Å². The molecule has 1 aliphatic carbocycles. The van der Waals surface area contributed by atoms with Crippen molar-refractivity contribution in [1.29, 1.82) is 0 Å². The van der Waals surface area contributed by atoms with Crippen LogP contribution in [-0.2, 0) is 13.6 Å². The van der Waals surface area contributed by atoms with E-state index < -0.39 is 0 Å². The standard InChI is InChI=1S/C31H38N8O2/c1-18-11-23-13-26(33-18)28-20(3)36-37(4)30(28)41-17-22-6-5-21(12-22)16-39-27-14-24(38-10-9-32-15-19(38)2)7-8-25(27)34-31(39)35-29(23)40/h7-8,11,13-14,19,21-22,32H,5-6,9-10,12,15-17H2,1-4H3,(H,34,35,40)/t19-,21-,22+/m1/s1. The van der Waals surface area contributed by atoms with Crippen molar-refractivity contribution in [3.63, 3.8) is 0 Å². The van der Waals surface area contributed by atoms with Gasteiger partial charge in [0.25, 0.3) is 5.91 Å². The summed E-state index contributed by atoms with van der Waals surface area (Å²) in [5.74, 6) is 2.03. The lowest BCUT2D eigenvalue weighted by Crippen LogP contribution is -2.49. The highest BCUT2D eigenvalue weighted by Gasteiger charge is 2.30. The van der Waals surface area contributed by atoms with E-state index in [1.165, 1.54) is 5.69 Å². The number of benzene rings is 1. The van der Waals surface area contributed by atoms with E-state index in [0.29, 0.717) is 47.6 Å². The summed E-state index contributed by atoms with van der Waals surface area (Å²) in [5, 5.41) is 11.3. The van der Waals surface area contributed by atoms with Crippen LogP contribution in [0.1, 0.15) is 47.9 Å². The van der Waals surface area contributed by atoms with Crippen LogP contribution in [0.3, 0.4) is 0 Å². The molecule has 10 nitrogen and oxygen atoms in total. The van der Waals surface area contributed by atoms with E-state index in [1.54, 1.807) is 4.68 Å². The first-order chi connectivity index (χ1) is 19.8. The number of carbonyl (C=O) groups is 1. The number of nitrogens with zero attached hydrogens (tertiary/aromatic N) is 6. The molecule has 3 atom stereocenters. The predicted molar refractivity (Wildman–Crippen MR) is 160 cm³/mol. The number of imidazole rings is 1. The third kappa shape index (κ3) is 4.73. The molecule has 10 heteroatoms. The van der Waals surface area contributed by atoms with Gasteiger partial charge in [0.1, 0.15) is 0 Å². The number of carbonyl (C=O) groups excluding carboxylic acids is 1. The quantitative estimate of drug-likeness (QED) is 0.362. The lowest BCUT2D eigenvalue weighted by atomic mass is 10.1. The molecule has 0 unspecified atom stereocenters. The summed E-state index contributed by atoms with van der Waals surface area (Å²) < 4.78 is 10.5. The number of rotatable bonds is 1. The Kier molecular flexibility index (Phi) is 6.45. The molecule has 3 aliphatic rings. The van der Waals surface area contributed by atoms with Crippen molar-refractivity contribution >= 4 is 28.6 Å². The van der Waals surface area contributed by atoms with Gasteiger partial charge in [0, 0.05) is 56.2 Å². The molecule has 214 valence electrons. The van der Waals surface area contributed by atoms with E-state index in [2.05, 4.69) is 50.3 Å². The average Bonchev–Trinajstić information content (AvgIpc) is 3.62. The Balaban J connectivity index is 1.33. The number of nitrogens with one attached hydrogen (secondary N) is 2. The first kappa shape index (κ1) is 26.0. The van der Waals surface area contributed by atoms with Crippen molar-refractivity contribution in [2.75, 3.05) is 36.5 Å². The van der Waals surface area contributed by atoms with Crippen LogP contribution in [0.15, 0.2) is 30.3 Å². The van der Waals surface area contributed by atoms with E-state index >= 15 is 0 Å². The van der Waals surface area contributed by atoms with Crippen LogP contribution in [0, 0.1) is 25.7 Å². The molecule has 4 aromatic rings. The van der Waals surface area contributed by atoms with Crippen LogP contribution in [0.25, 0.3) is 22.3 Å². The number of anilines is 2. The minimum atomic E-state index is -0.201. The number of hydrogen-bond donors (Lipinski definition) is 2. The van der Waals surface area contributed by atoms with Crippen LogP contribution in [0.2, 0.25) is 0 Å². The number of amides is 1. The number of aryl methyl sites for hydroxylation is 3. The summed E-state index contributed by atoms with van der Waals surface area (Å²) in [6.45, 7) is 10.5. The lowest BCUT2D eigenvalue weighted by molar-refractivity contribution is 0.102. The smallest absolute Gasteiger partial charge is 0.258 e.